The Balaban J connectivity index is 2.11. The van der Waals surface area contributed by atoms with Crippen LogP contribution in [0, 0.1) is 5.92 Å². The van der Waals surface area contributed by atoms with Gasteiger partial charge in [0, 0.05) is 24.2 Å². The zero-order chi connectivity index (χ0) is 14.5. The molecule has 0 spiro atoms. The van der Waals surface area contributed by atoms with Gasteiger partial charge in [-0.3, -0.25) is 4.68 Å². The van der Waals surface area contributed by atoms with E-state index >= 15 is 0 Å². The average molecular weight is 294 g/mol. The number of ether oxygens (including phenoxy) is 1. The summed E-state index contributed by atoms with van der Waals surface area (Å²) in [5.74, 6) is 2.09. The normalized spacial score (nSPS) is 11.1. The summed E-state index contributed by atoms with van der Waals surface area (Å²) in [4.78, 5) is 0. The molecule has 0 radical (unpaired) electrons. The second-order valence-corrected chi connectivity index (χ2v) is 5.66. The minimum Gasteiger partial charge on any atom is -0.454 e. The van der Waals surface area contributed by atoms with Crippen molar-refractivity contribution in [3.05, 3.63) is 41.2 Å². The number of benzene rings is 1. The molecule has 0 saturated heterocycles. The van der Waals surface area contributed by atoms with E-state index in [4.69, 9.17) is 16.3 Å². The molecule has 1 aromatic heterocycles. The molecule has 1 aromatic carbocycles. The maximum Gasteiger partial charge on any atom is 0.165 e. The maximum atomic E-state index is 6.05. The Bertz CT molecular complexity index is 566. The first-order valence-electron chi connectivity index (χ1n) is 6.70. The molecular weight excluding hydrogens is 274 g/mol. The SMILES string of the molecule is CC(C)CNCc1ccc(Cl)cc1Oc1cnn(C)c1. The molecule has 2 aromatic rings. The van der Waals surface area contributed by atoms with Gasteiger partial charge in [-0.05, 0) is 24.6 Å². The van der Waals surface area contributed by atoms with E-state index in [0.29, 0.717) is 16.7 Å². The van der Waals surface area contributed by atoms with Crippen molar-refractivity contribution in [2.24, 2.45) is 13.0 Å². The molecule has 5 heteroatoms. The van der Waals surface area contributed by atoms with Crippen LogP contribution >= 0.6 is 11.6 Å². The molecule has 108 valence electrons. The largest absolute Gasteiger partial charge is 0.454 e. The van der Waals surface area contributed by atoms with Crippen molar-refractivity contribution in [3.63, 3.8) is 0 Å². The van der Waals surface area contributed by atoms with Crippen LogP contribution in [-0.4, -0.2) is 16.3 Å². The summed E-state index contributed by atoms with van der Waals surface area (Å²) in [6.07, 6.45) is 3.51. The fourth-order valence-electron chi connectivity index (χ4n) is 1.84. The summed E-state index contributed by atoms with van der Waals surface area (Å²) in [7, 11) is 1.86. The lowest BCUT2D eigenvalue weighted by Gasteiger charge is -2.12. The predicted molar refractivity (Wildman–Crippen MR) is 81.3 cm³/mol. The van der Waals surface area contributed by atoms with Gasteiger partial charge in [-0.25, -0.2) is 0 Å². The van der Waals surface area contributed by atoms with Crippen LogP contribution in [0.1, 0.15) is 19.4 Å². The van der Waals surface area contributed by atoms with Gasteiger partial charge in [-0.2, -0.15) is 5.10 Å². The van der Waals surface area contributed by atoms with E-state index in [-0.39, 0.29) is 0 Å². The molecule has 2 rings (SSSR count). The van der Waals surface area contributed by atoms with E-state index in [1.54, 1.807) is 10.9 Å². The average Bonchev–Trinajstić information content (AvgIpc) is 2.77. The Morgan fingerprint density at radius 2 is 2.20 bits per heavy atom. The standard InChI is InChI=1S/C15H20ClN3O/c1-11(2)7-17-8-12-4-5-13(16)6-15(12)20-14-9-18-19(3)10-14/h4-6,9-11,17H,7-8H2,1-3H3. The third kappa shape index (κ3) is 4.25. The zero-order valence-electron chi connectivity index (χ0n) is 12.1. The van der Waals surface area contributed by atoms with Crippen molar-refractivity contribution in [1.29, 1.82) is 0 Å². The lowest BCUT2D eigenvalue weighted by molar-refractivity contribution is 0.468. The summed E-state index contributed by atoms with van der Waals surface area (Å²) in [5, 5.41) is 8.16. The maximum absolute atomic E-state index is 6.05. The van der Waals surface area contributed by atoms with Gasteiger partial charge in [0.25, 0.3) is 0 Å². The zero-order valence-corrected chi connectivity index (χ0v) is 12.8. The van der Waals surface area contributed by atoms with Crippen LogP contribution < -0.4 is 10.1 Å². The number of hydrogen-bond donors (Lipinski definition) is 1. The third-order valence-corrected chi connectivity index (χ3v) is 3.04. The number of hydrogen-bond acceptors (Lipinski definition) is 3. The lowest BCUT2D eigenvalue weighted by atomic mass is 10.2. The molecule has 0 unspecified atom stereocenters. The molecule has 1 N–H and O–H groups in total. The Labute approximate surface area is 124 Å². The van der Waals surface area contributed by atoms with Gasteiger partial charge in [0.1, 0.15) is 5.75 Å². The van der Waals surface area contributed by atoms with Crippen molar-refractivity contribution >= 4 is 11.6 Å². The number of aryl methyl sites for hydroxylation is 1. The minimum atomic E-state index is 0.616. The molecule has 1 heterocycles. The van der Waals surface area contributed by atoms with Crippen molar-refractivity contribution in [3.8, 4) is 11.5 Å². The molecule has 0 aliphatic rings. The van der Waals surface area contributed by atoms with Crippen LogP contribution in [0.3, 0.4) is 0 Å². The fourth-order valence-corrected chi connectivity index (χ4v) is 2.01. The molecule has 0 atom stereocenters. The second kappa shape index (κ2) is 6.77. The van der Waals surface area contributed by atoms with Crippen LogP contribution in [-0.2, 0) is 13.6 Å². The van der Waals surface area contributed by atoms with Gasteiger partial charge in [-0.1, -0.05) is 31.5 Å². The molecule has 0 aliphatic carbocycles. The number of nitrogens with one attached hydrogen (secondary N) is 1. The molecular formula is C15H20ClN3O. The minimum absolute atomic E-state index is 0.616. The smallest absolute Gasteiger partial charge is 0.165 e. The monoisotopic (exact) mass is 293 g/mol. The number of rotatable bonds is 6. The van der Waals surface area contributed by atoms with Gasteiger partial charge >= 0.3 is 0 Å². The highest BCUT2D eigenvalue weighted by Crippen LogP contribution is 2.28. The Morgan fingerprint density at radius 1 is 1.40 bits per heavy atom. The Morgan fingerprint density at radius 3 is 2.85 bits per heavy atom. The molecule has 0 amide bonds. The van der Waals surface area contributed by atoms with E-state index in [9.17, 15) is 0 Å². The Kier molecular flexibility index (Phi) is 5.04. The predicted octanol–water partition coefficient (Wildman–Crippen LogP) is 3.61. The summed E-state index contributed by atoms with van der Waals surface area (Å²) in [6, 6.07) is 5.70. The summed E-state index contributed by atoms with van der Waals surface area (Å²) in [6.45, 7) is 6.09. The molecule has 0 fully saturated rings. The van der Waals surface area contributed by atoms with E-state index < -0.39 is 0 Å². The van der Waals surface area contributed by atoms with Gasteiger partial charge in [0.2, 0.25) is 0 Å². The number of aromatic nitrogens is 2. The molecule has 4 nitrogen and oxygen atoms in total. The van der Waals surface area contributed by atoms with E-state index in [0.717, 1.165) is 24.4 Å². The van der Waals surface area contributed by atoms with E-state index in [1.807, 2.05) is 31.4 Å². The quantitative estimate of drug-likeness (QED) is 0.884. The molecule has 0 saturated carbocycles. The number of nitrogens with zero attached hydrogens (tertiary/aromatic N) is 2. The van der Waals surface area contributed by atoms with Crippen LogP contribution in [0.25, 0.3) is 0 Å². The molecule has 0 bridgehead atoms. The first-order valence-corrected chi connectivity index (χ1v) is 7.08. The molecule has 0 aliphatic heterocycles. The first kappa shape index (κ1) is 14.9. The van der Waals surface area contributed by atoms with E-state index in [1.165, 1.54) is 0 Å². The van der Waals surface area contributed by atoms with Gasteiger partial charge in [-0.15, -0.1) is 0 Å². The van der Waals surface area contributed by atoms with Crippen LogP contribution in [0.15, 0.2) is 30.6 Å². The summed E-state index contributed by atoms with van der Waals surface area (Å²) < 4.78 is 7.57. The Hall–Kier alpha value is -1.52. The van der Waals surface area contributed by atoms with Gasteiger partial charge in [0.05, 0.1) is 12.4 Å². The van der Waals surface area contributed by atoms with Crippen molar-refractivity contribution in [2.75, 3.05) is 6.54 Å². The second-order valence-electron chi connectivity index (χ2n) is 5.23. The highest BCUT2D eigenvalue weighted by atomic mass is 35.5. The van der Waals surface area contributed by atoms with Crippen LogP contribution in [0.5, 0.6) is 11.5 Å². The van der Waals surface area contributed by atoms with Crippen LogP contribution in [0.2, 0.25) is 5.02 Å². The fraction of sp³-hybridized carbons (Fsp3) is 0.400. The van der Waals surface area contributed by atoms with Gasteiger partial charge < -0.3 is 10.1 Å². The third-order valence-electron chi connectivity index (χ3n) is 2.81. The lowest BCUT2D eigenvalue weighted by Crippen LogP contribution is -2.19. The highest BCUT2D eigenvalue weighted by Gasteiger charge is 2.07. The number of halogens is 1. The van der Waals surface area contributed by atoms with E-state index in [2.05, 4.69) is 24.3 Å². The first-order chi connectivity index (χ1) is 9.54. The topological polar surface area (TPSA) is 39.1 Å². The summed E-state index contributed by atoms with van der Waals surface area (Å²) in [5.41, 5.74) is 1.08. The highest BCUT2D eigenvalue weighted by molar-refractivity contribution is 6.30. The van der Waals surface area contributed by atoms with Gasteiger partial charge in [0.15, 0.2) is 5.75 Å². The summed E-state index contributed by atoms with van der Waals surface area (Å²) >= 11 is 6.05. The van der Waals surface area contributed by atoms with Crippen LogP contribution in [0.4, 0.5) is 0 Å². The van der Waals surface area contributed by atoms with Crippen molar-refractivity contribution in [2.45, 2.75) is 20.4 Å². The molecule has 20 heavy (non-hydrogen) atoms. The van der Waals surface area contributed by atoms with Crippen molar-refractivity contribution in [1.82, 2.24) is 15.1 Å². The van der Waals surface area contributed by atoms with Crippen molar-refractivity contribution < 1.29 is 4.74 Å².